The van der Waals surface area contributed by atoms with Crippen molar-refractivity contribution in [3.8, 4) is 0 Å². The molecule has 2 aliphatic heterocycles. The molecule has 0 unspecified atom stereocenters. The Morgan fingerprint density at radius 2 is 1.41 bits per heavy atom. The molecule has 0 aliphatic carbocycles. The molecule has 0 aromatic heterocycles. The van der Waals surface area contributed by atoms with E-state index in [2.05, 4.69) is 11.9 Å². The molecule has 2 heterocycles. The monoisotopic (exact) mass is 409 g/mol. The Morgan fingerprint density at radius 3 is 2.00 bits per heavy atom. The molecule has 1 saturated heterocycles. The number of halogens is 1. The van der Waals surface area contributed by atoms with Crippen molar-refractivity contribution in [3.05, 3.63) is 69.9 Å². The first kappa shape index (κ1) is 19.7. The molecule has 29 heavy (non-hydrogen) atoms. The van der Waals surface area contributed by atoms with Gasteiger partial charge >= 0.3 is 0 Å². The van der Waals surface area contributed by atoms with Crippen LogP contribution >= 0.6 is 11.6 Å². The maximum atomic E-state index is 13.5. The molecule has 0 spiro atoms. The van der Waals surface area contributed by atoms with Gasteiger partial charge in [-0.05, 0) is 61.9 Å². The third-order valence-electron chi connectivity index (χ3n) is 5.48. The highest BCUT2D eigenvalue weighted by Crippen LogP contribution is 2.36. The highest BCUT2D eigenvalue weighted by atomic mass is 35.5. The van der Waals surface area contributed by atoms with Gasteiger partial charge in [0.15, 0.2) is 0 Å². The summed E-state index contributed by atoms with van der Waals surface area (Å²) in [7, 11) is 2.06. The van der Waals surface area contributed by atoms with Gasteiger partial charge in [-0.15, -0.1) is 0 Å². The minimum atomic E-state index is -0.281. The predicted molar refractivity (Wildman–Crippen MR) is 116 cm³/mol. The first-order chi connectivity index (χ1) is 13.8. The Hall–Kier alpha value is -2.63. The largest absolute Gasteiger partial charge is 0.364 e. The normalized spacial score (nSPS) is 18.2. The fraction of sp³-hybridized carbons (Fsp3) is 0.304. The average molecular weight is 410 g/mol. The second-order valence-electron chi connectivity index (χ2n) is 7.81. The van der Waals surface area contributed by atoms with Crippen molar-refractivity contribution < 1.29 is 9.59 Å². The maximum Gasteiger partial charge on any atom is 0.282 e. The van der Waals surface area contributed by atoms with Crippen LogP contribution in [0.1, 0.15) is 16.7 Å². The van der Waals surface area contributed by atoms with Crippen LogP contribution in [0.3, 0.4) is 0 Å². The van der Waals surface area contributed by atoms with Gasteiger partial charge in [-0.2, -0.15) is 0 Å². The second kappa shape index (κ2) is 7.65. The minimum absolute atomic E-state index is 0.255. The van der Waals surface area contributed by atoms with Crippen LogP contribution in [0.2, 0.25) is 5.02 Å². The summed E-state index contributed by atoms with van der Waals surface area (Å²) in [4.78, 5) is 32.6. The van der Waals surface area contributed by atoms with Crippen LogP contribution in [-0.2, 0) is 9.59 Å². The van der Waals surface area contributed by atoms with Crippen LogP contribution in [-0.4, -0.2) is 54.8 Å². The van der Waals surface area contributed by atoms with Gasteiger partial charge in [-0.25, -0.2) is 4.90 Å². The zero-order valence-corrected chi connectivity index (χ0v) is 17.7. The Balaban J connectivity index is 1.82. The summed E-state index contributed by atoms with van der Waals surface area (Å²) < 4.78 is 0. The summed E-state index contributed by atoms with van der Waals surface area (Å²) in [6.07, 6.45) is 0. The highest BCUT2D eigenvalue weighted by Gasteiger charge is 2.43. The SMILES string of the molecule is Cc1cc(C)cc(N2C(=O)C(c3ccc(Cl)cc3)=C(N3CCN(C)CC3)C2=O)c1. The third-order valence-corrected chi connectivity index (χ3v) is 5.73. The Kier molecular flexibility index (Phi) is 5.19. The molecule has 2 amide bonds. The van der Waals surface area contributed by atoms with E-state index in [1.807, 2.05) is 49.1 Å². The molecule has 4 rings (SSSR count). The number of piperazine rings is 1. The van der Waals surface area contributed by atoms with Crippen molar-refractivity contribution in [2.24, 2.45) is 0 Å². The van der Waals surface area contributed by atoms with Gasteiger partial charge in [0.05, 0.1) is 11.3 Å². The number of hydrogen-bond acceptors (Lipinski definition) is 4. The number of imide groups is 1. The molecule has 0 bridgehead atoms. The van der Waals surface area contributed by atoms with Gasteiger partial charge in [-0.3, -0.25) is 9.59 Å². The van der Waals surface area contributed by atoms with E-state index >= 15 is 0 Å². The molecule has 150 valence electrons. The Morgan fingerprint density at radius 1 is 0.828 bits per heavy atom. The van der Waals surface area contributed by atoms with Gasteiger partial charge in [0.1, 0.15) is 5.70 Å². The zero-order chi connectivity index (χ0) is 20.7. The van der Waals surface area contributed by atoms with E-state index in [1.54, 1.807) is 12.1 Å². The lowest BCUT2D eigenvalue weighted by atomic mass is 10.0. The van der Waals surface area contributed by atoms with Gasteiger partial charge < -0.3 is 9.80 Å². The molecular weight excluding hydrogens is 386 g/mol. The first-order valence-corrected chi connectivity index (χ1v) is 10.1. The van der Waals surface area contributed by atoms with Crippen LogP contribution in [0.25, 0.3) is 5.57 Å². The summed E-state index contributed by atoms with van der Waals surface area (Å²) >= 11 is 6.05. The lowest BCUT2D eigenvalue weighted by Gasteiger charge is -2.34. The summed E-state index contributed by atoms with van der Waals surface area (Å²) in [5.41, 5.74) is 4.31. The molecule has 0 N–H and O–H groups in total. The number of benzene rings is 2. The molecule has 5 nitrogen and oxygen atoms in total. The van der Waals surface area contributed by atoms with E-state index in [1.165, 1.54) is 4.90 Å². The summed E-state index contributed by atoms with van der Waals surface area (Å²) in [5.74, 6) is -0.536. The van der Waals surface area contributed by atoms with Gasteiger partial charge in [0, 0.05) is 31.2 Å². The average Bonchev–Trinajstić information content (AvgIpc) is 2.93. The molecule has 2 aromatic carbocycles. The molecule has 0 atom stereocenters. The maximum absolute atomic E-state index is 13.5. The van der Waals surface area contributed by atoms with Crippen molar-refractivity contribution in [1.29, 1.82) is 0 Å². The second-order valence-corrected chi connectivity index (χ2v) is 8.25. The van der Waals surface area contributed by atoms with E-state index in [9.17, 15) is 9.59 Å². The smallest absolute Gasteiger partial charge is 0.282 e. The summed E-state index contributed by atoms with van der Waals surface area (Å²) in [5, 5.41) is 0.596. The summed E-state index contributed by atoms with van der Waals surface area (Å²) in [6, 6.07) is 12.9. The first-order valence-electron chi connectivity index (χ1n) is 9.76. The van der Waals surface area contributed by atoms with E-state index in [0.29, 0.717) is 40.6 Å². The quantitative estimate of drug-likeness (QED) is 0.728. The fourth-order valence-corrected chi connectivity index (χ4v) is 4.16. The lowest BCUT2D eigenvalue weighted by Crippen LogP contribution is -2.46. The van der Waals surface area contributed by atoms with Crippen molar-refractivity contribution >= 4 is 34.7 Å². The van der Waals surface area contributed by atoms with E-state index in [0.717, 1.165) is 24.2 Å². The van der Waals surface area contributed by atoms with Crippen molar-refractivity contribution in [2.45, 2.75) is 13.8 Å². The third kappa shape index (κ3) is 3.68. The fourth-order valence-electron chi connectivity index (χ4n) is 4.03. The number of amides is 2. The van der Waals surface area contributed by atoms with E-state index in [-0.39, 0.29) is 11.8 Å². The van der Waals surface area contributed by atoms with Crippen molar-refractivity contribution in [2.75, 3.05) is 38.1 Å². The number of nitrogens with zero attached hydrogens (tertiary/aromatic N) is 3. The molecule has 6 heteroatoms. The number of carbonyl (C=O) groups is 2. The van der Waals surface area contributed by atoms with Crippen molar-refractivity contribution in [1.82, 2.24) is 9.80 Å². The van der Waals surface area contributed by atoms with Crippen LogP contribution in [0, 0.1) is 13.8 Å². The molecule has 1 fully saturated rings. The number of carbonyl (C=O) groups excluding carboxylic acids is 2. The minimum Gasteiger partial charge on any atom is -0.364 e. The number of rotatable bonds is 3. The van der Waals surface area contributed by atoms with Crippen molar-refractivity contribution in [3.63, 3.8) is 0 Å². The van der Waals surface area contributed by atoms with Crippen LogP contribution < -0.4 is 4.90 Å². The highest BCUT2D eigenvalue weighted by molar-refractivity contribution is 6.45. The molecule has 0 saturated carbocycles. The van der Waals surface area contributed by atoms with Gasteiger partial charge in [-0.1, -0.05) is 29.8 Å². The van der Waals surface area contributed by atoms with Gasteiger partial charge in [0.25, 0.3) is 11.8 Å². The number of anilines is 1. The molecule has 2 aliphatic rings. The molecule has 2 aromatic rings. The summed E-state index contributed by atoms with van der Waals surface area (Å²) in [6.45, 7) is 7.06. The molecule has 0 radical (unpaired) electrons. The van der Waals surface area contributed by atoms with E-state index < -0.39 is 0 Å². The van der Waals surface area contributed by atoms with Crippen LogP contribution in [0.5, 0.6) is 0 Å². The van der Waals surface area contributed by atoms with Gasteiger partial charge in [0.2, 0.25) is 0 Å². The number of hydrogen-bond donors (Lipinski definition) is 0. The zero-order valence-electron chi connectivity index (χ0n) is 16.9. The van der Waals surface area contributed by atoms with Crippen LogP contribution in [0.4, 0.5) is 5.69 Å². The standard InChI is InChI=1S/C23H24ClN3O2/c1-15-12-16(2)14-19(13-15)27-22(28)20(17-4-6-18(24)7-5-17)21(23(27)29)26-10-8-25(3)9-11-26/h4-7,12-14H,8-11H2,1-3H3. The molecular formula is C23H24ClN3O2. The topological polar surface area (TPSA) is 43.9 Å². The number of likely N-dealkylation sites (N-methyl/N-ethyl adjacent to an activating group) is 1. The van der Waals surface area contributed by atoms with E-state index in [4.69, 9.17) is 11.6 Å². The van der Waals surface area contributed by atoms with Crippen LogP contribution in [0.15, 0.2) is 48.2 Å². The number of aryl methyl sites for hydroxylation is 2. The Labute approximate surface area is 176 Å². The lowest BCUT2D eigenvalue weighted by molar-refractivity contribution is -0.120. The Bertz CT molecular complexity index is 985. The predicted octanol–water partition coefficient (Wildman–Crippen LogP) is 3.49.